The van der Waals surface area contributed by atoms with Gasteiger partial charge in [-0.25, -0.2) is 0 Å². The van der Waals surface area contributed by atoms with E-state index in [0.717, 1.165) is 0 Å². The molecule has 0 unspecified atom stereocenters. The molecule has 0 aliphatic heterocycles. The van der Waals surface area contributed by atoms with Crippen LogP contribution in [-0.4, -0.2) is 44.5 Å². The second kappa shape index (κ2) is 8.01. The van der Waals surface area contributed by atoms with Crippen LogP contribution in [-0.2, 0) is 4.79 Å². The van der Waals surface area contributed by atoms with Gasteiger partial charge in [-0.3, -0.25) is 9.59 Å². The zero-order valence-electron chi connectivity index (χ0n) is 13.9. The van der Waals surface area contributed by atoms with E-state index in [9.17, 15) is 9.59 Å². The van der Waals surface area contributed by atoms with E-state index in [1.54, 1.807) is 69.7 Å². The van der Waals surface area contributed by atoms with Crippen molar-refractivity contribution in [2.45, 2.75) is 0 Å². The van der Waals surface area contributed by atoms with Crippen molar-refractivity contribution in [1.29, 1.82) is 0 Å². The molecule has 2 rings (SSSR count). The largest absolute Gasteiger partial charge is 0.497 e. The predicted molar refractivity (Wildman–Crippen MR) is 91.6 cm³/mol. The Labute approximate surface area is 141 Å². The molecule has 0 aliphatic rings. The maximum absolute atomic E-state index is 12.3. The number of nitrogens with one attached hydrogen (secondary N) is 1. The average Bonchev–Trinajstić information content (AvgIpc) is 2.59. The molecule has 2 aromatic rings. The highest BCUT2D eigenvalue weighted by Crippen LogP contribution is 2.19. The van der Waals surface area contributed by atoms with Gasteiger partial charge in [0, 0.05) is 31.4 Å². The molecule has 0 aromatic heterocycles. The van der Waals surface area contributed by atoms with Crippen LogP contribution in [0.3, 0.4) is 0 Å². The first-order chi connectivity index (χ1) is 11.5. The smallest absolute Gasteiger partial charge is 0.259 e. The van der Waals surface area contributed by atoms with Crippen molar-refractivity contribution >= 4 is 17.5 Å². The number of ether oxygens (including phenoxy) is 2. The molecular weight excluding hydrogens is 308 g/mol. The van der Waals surface area contributed by atoms with Gasteiger partial charge in [-0.05, 0) is 30.3 Å². The minimum atomic E-state index is -0.254. The molecule has 126 valence electrons. The highest BCUT2D eigenvalue weighted by atomic mass is 16.5. The van der Waals surface area contributed by atoms with Crippen LogP contribution in [0.4, 0.5) is 5.69 Å². The minimum Gasteiger partial charge on any atom is -0.497 e. The van der Waals surface area contributed by atoms with Crippen LogP contribution in [0.15, 0.2) is 48.5 Å². The third kappa shape index (κ3) is 4.74. The lowest BCUT2D eigenvalue weighted by Gasteiger charge is -2.12. The molecule has 0 aliphatic carbocycles. The third-order valence-electron chi connectivity index (χ3n) is 3.28. The monoisotopic (exact) mass is 328 g/mol. The first-order valence-corrected chi connectivity index (χ1v) is 7.38. The van der Waals surface area contributed by atoms with Crippen molar-refractivity contribution in [3.05, 3.63) is 54.1 Å². The molecule has 6 nitrogen and oxygen atoms in total. The SMILES string of the molecule is COc1cccc(C(=O)Nc2cccc(OCC(=O)N(C)C)c2)c1. The van der Waals surface area contributed by atoms with Crippen LogP contribution in [0.5, 0.6) is 11.5 Å². The first-order valence-electron chi connectivity index (χ1n) is 7.38. The van der Waals surface area contributed by atoms with E-state index < -0.39 is 0 Å². The maximum Gasteiger partial charge on any atom is 0.259 e. The lowest BCUT2D eigenvalue weighted by Crippen LogP contribution is -2.27. The molecule has 0 saturated carbocycles. The first kappa shape index (κ1) is 17.3. The molecule has 6 heteroatoms. The normalized spacial score (nSPS) is 9.96. The number of hydrogen-bond donors (Lipinski definition) is 1. The zero-order valence-corrected chi connectivity index (χ0v) is 13.9. The molecule has 0 bridgehead atoms. The number of benzene rings is 2. The summed E-state index contributed by atoms with van der Waals surface area (Å²) < 4.78 is 10.5. The van der Waals surface area contributed by atoms with Crippen LogP contribution in [0.2, 0.25) is 0 Å². The summed E-state index contributed by atoms with van der Waals surface area (Å²) in [5.41, 5.74) is 1.07. The average molecular weight is 328 g/mol. The molecule has 1 N–H and O–H groups in total. The highest BCUT2D eigenvalue weighted by molar-refractivity contribution is 6.04. The summed E-state index contributed by atoms with van der Waals surface area (Å²) in [5, 5.41) is 2.79. The second-order valence-electron chi connectivity index (χ2n) is 5.29. The van der Waals surface area contributed by atoms with E-state index >= 15 is 0 Å². The topological polar surface area (TPSA) is 67.9 Å². The van der Waals surface area contributed by atoms with Gasteiger partial charge >= 0.3 is 0 Å². The number of hydrogen-bond acceptors (Lipinski definition) is 4. The van der Waals surface area contributed by atoms with Crippen molar-refractivity contribution in [1.82, 2.24) is 4.90 Å². The summed E-state index contributed by atoms with van der Waals surface area (Å²) in [6, 6.07) is 13.8. The Morgan fingerprint density at radius 2 is 1.75 bits per heavy atom. The third-order valence-corrected chi connectivity index (χ3v) is 3.28. The Morgan fingerprint density at radius 1 is 1.04 bits per heavy atom. The van der Waals surface area contributed by atoms with E-state index in [4.69, 9.17) is 9.47 Å². The van der Waals surface area contributed by atoms with Crippen LogP contribution < -0.4 is 14.8 Å². The minimum absolute atomic E-state index is 0.0553. The Morgan fingerprint density at radius 3 is 2.46 bits per heavy atom. The molecule has 0 radical (unpaired) electrons. The van der Waals surface area contributed by atoms with Crippen molar-refractivity contribution in [2.75, 3.05) is 33.1 Å². The van der Waals surface area contributed by atoms with Crippen molar-refractivity contribution in [3.8, 4) is 11.5 Å². The molecule has 2 aromatic carbocycles. The zero-order chi connectivity index (χ0) is 17.5. The van der Waals surface area contributed by atoms with Crippen LogP contribution in [0, 0.1) is 0 Å². The summed E-state index contributed by atoms with van der Waals surface area (Å²) in [5.74, 6) is 0.729. The molecule has 0 fully saturated rings. The van der Waals surface area contributed by atoms with Crippen molar-refractivity contribution in [2.24, 2.45) is 0 Å². The van der Waals surface area contributed by atoms with Gasteiger partial charge in [0.05, 0.1) is 7.11 Å². The van der Waals surface area contributed by atoms with Gasteiger partial charge in [-0.2, -0.15) is 0 Å². The number of rotatable bonds is 6. The van der Waals surface area contributed by atoms with Crippen molar-refractivity contribution in [3.63, 3.8) is 0 Å². The maximum atomic E-state index is 12.3. The fraction of sp³-hybridized carbons (Fsp3) is 0.222. The van der Waals surface area contributed by atoms with E-state index in [1.807, 2.05) is 0 Å². The van der Waals surface area contributed by atoms with Gasteiger partial charge in [0.1, 0.15) is 11.5 Å². The van der Waals surface area contributed by atoms with Crippen LogP contribution in [0.1, 0.15) is 10.4 Å². The van der Waals surface area contributed by atoms with E-state index in [-0.39, 0.29) is 18.4 Å². The number of carbonyl (C=O) groups is 2. The van der Waals surface area contributed by atoms with Gasteiger partial charge in [-0.1, -0.05) is 12.1 Å². The number of likely N-dealkylation sites (N-methyl/N-ethyl adjacent to an activating group) is 1. The summed E-state index contributed by atoms with van der Waals surface area (Å²) >= 11 is 0. The summed E-state index contributed by atoms with van der Waals surface area (Å²) in [7, 11) is 4.87. The Hall–Kier alpha value is -3.02. The van der Waals surface area contributed by atoms with Gasteiger partial charge < -0.3 is 19.7 Å². The lowest BCUT2D eigenvalue weighted by atomic mass is 10.2. The molecule has 0 saturated heterocycles. The Bertz CT molecular complexity index is 728. The van der Waals surface area contributed by atoms with Gasteiger partial charge in [0.25, 0.3) is 11.8 Å². The van der Waals surface area contributed by atoms with E-state index in [2.05, 4.69) is 5.32 Å². The Balaban J connectivity index is 2.03. The van der Waals surface area contributed by atoms with Gasteiger partial charge in [0.15, 0.2) is 6.61 Å². The standard InChI is InChI=1S/C18H20N2O4/c1-20(2)17(21)12-24-16-9-5-7-14(11-16)19-18(22)13-6-4-8-15(10-13)23-3/h4-11H,12H2,1-3H3,(H,19,22). The lowest BCUT2D eigenvalue weighted by molar-refractivity contribution is -0.130. The molecule has 0 spiro atoms. The molecule has 0 atom stereocenters. The second-order valence-corrected chi connectivity index (χ2v) is 5.29. The number of carbonyl (C=O) groups excluding carboxylic acids is 2. The molecule has 2 amide bonds. The number of anilines is 1. The van der Waals surface area contributed by atoms with E-state index in [0.29, 0.717) is 22.7 Å². The van der Waals surface area contributed by atoms with E-state index in [1.165, 1.54) is 4.90 Å². The molecular formula is C18H20N2O4. The predicted octanol–water partition coefficient (Wildman–Crippen LogP) is 2.41. The highest BCUT2D eigenvalue weighted by Gasteiger charge is 2.09. The molecule has 0 heterocycles. The fourth-order valence-electron chi connectivity index (χ4n) is 1.91. The van der Waals surface area contributed by atoms with Crippen LogP contribution in [0.25, 0.3) is 0 Å². The Kier molecular flexibility index (Phi) is 5.78. The summed E-state index contributed by atoms with van der Waals surface area (Å²) in [6.45, 7) is -0.0553. The number of amides is 2. The van der Waals surface area contributed by atoms with Gasteiger partial charge in [0.2, 0.25) is 0 Å². The molecule has 24 heavy (non-hydrogen) atoms. The van der Waals surface area contributed by atoms with Crippen molar-refractivity contribution < 1.29 is 19.1 Å². The quantitative estimate of drug-likeness (QED) is 0.884. The number of methoxy groups -OCH3 is 1. The van der Waals surface area contributed by atoms with Crippen LogP contribution >= 0.6 is 0 Å². The summed E-state index contributed by atoms with van der Waals surface area (Å²) in [6.07, 6.45) is 0. The summed E-state index contributed by atoms with van der Waals surface area (Å²) in [4.78, 5) is 25.3. The fourth-order valence-corrected chi connectivity index (χ4v) is 1.91. The number of nitrogens with zero attached hydrogens (tertiary/aromatic N) is 1. The van der Waals surface area contributed by atoms with Gasteiger partial charge in [-0.15, -0.1) is 0 Å².